The van der Waals surface area contributed by atoms with E-state index in [4.69, 9.17) is 0 Å². The minimum atomic E-state index is -3.43. The molecule has 1 aliphatic heterocycles. The van der Waals surface area contributed by atoms with Gasteiger partial charge in [0.25, 0.3) is 5.91 Å². The summed E-state index contributed by atoms with van der Waals surface area (Å²) in [5.41, 5.74) is 0. The van der Waals surface area contributed by atoms with Crippen LogP contribution in [-0.4, -0.2) is 32.7 Å². The number of rotatable bonds is 3. The molecule has 96 valence electrons. The lowest BCUT2D eigenvalue weighted by molar-refractivity contribution is -0.122. The second-order valence-corrected chi connectivity index (χ2v) is 6.02. The van der Waals surface area contributed by atoms with E-state index < -0.39 is 15.9 Å². The van der Waals surface area contributed by atoms with E-state index in [0.717, 1.165) is 13.0 Å². The van der Waals surface area contributed by atoms with E-state index in [1.54, 1.807) is 0 Å². The van der Waals surface area contributed by atoms with E-state index in [9.17, 15) is 13.2 Å². The van der Waals surface area contributed by atoms with Crippen LogP contribution in [0.4, 0.5) is 0 Å². The molecule has 1 saturated heterocycles. The molecule has 1 fully saturated rings. The van der Waals surface area contributed by atoms with Crippen molar-refractivity contribution in [3.8, 4) is 0 Å². The first kappa shape index (κ1) is 15.7. The minimum absolute atomic E-state index is 0. The van der Waals surface area contributed by atoms with Crippen molar-refractivity contribution < 1.29 is 13.2 Å². The third-order valence-corrected chi connectivity index (χ3v) is 3.89. The van der Waals surface area contributed by atoms with Gasteiger partial charge in [-0.05, 0) is 32.2 Å². The van der Waals surface area contributed by atoms with Crippen molar-refractivity contribution in [3.63, 3.8) is 0 Å². The highest BCUT2D eigenvalue weighted by Gasteiger charge is 2.26. The molecule has 1 rings (SSSR count). The first-order chi connectivity index (χ1) is 6.94. The van der Waals surface area contributed by atoms with Crippen LogP contribution in [0.25, 0.3) is 0 Å². The quantitative estimate of drug-likeness (QED) is 0.772. The number of halogens is 1. The number of carbonyl (C=O) groups excluding carboxylic acids is 1. The van der Waals surface area contributed by atoms with E-state index in [1.807, 2.05) is 0 Å². The zero-order chi connectivity index (χ0) is 11.5. The van der Waals surface area contributed by atoms with Crippen molar-refractivity contribution in [1.82, 2.24) is 10.0 Å². The fourth-order valence-electron chi connectivity index (χ4n) is 1.60. The summed E-state index contributed by atoms with van der Waals surface area (Å²) >= 11 is 0. The molecule has 0 radical (unpaired) electrons. The number of hydrogen-bond donors (Lipinski definition) is 2. The van der Waals surface area contributed by atoms with E-state index >= 15 is 0 Å². The molecule has 1 amide bonds. The summed E-state index contributed by atoms with van der Waals surface area (Å²) in [5, 5.41) is 3.02. The van der Waals surface area contributed by atoms with Crippen LogP contribution in [0.2, 0.25) is 0 Å². The molecule has 1 heterocycles. The monoisotopic (exact) mass is 270 g/mol. The standard InChI is InChI=1S/C9H18N2O3S.ClH/c1-3-15(13,14)11-9(12)8-6-7(2)4-5-10-8;/h7-8,10H,3-6H2,1-2H3,(H,11,12);1H/t7-,8-;/m1./s1. The number of piperidine rings is 1. The molecule has 2 atom stereocenters. The SMILES string of the molecule is CCS(=O)(=O)NC(=O)[C@H]1C[C@H](C)CCN1.Cl. The molecule has 0 unspecified atom stereocenters. The van der Waals surface area contributed by atoms with Crippen molar-refractivity contribution in [2.45, 2.75) is 32.7 Å². The zero-order valence-electron chi connectivity index (χ0n) is 9.52. The van der Waals surface area contributed by atoms with Crippen molar-refractivity contribution >= 4 is 28.3 Å². The Morgan fingerprint density at radius 1 is 1.50 bits per heavy atom. The van der Waals surface area contributed by atoms with Gasteiger partial charge in [-0.3, -0.25) is 9.52 Å². The van der Waals surface area contributed by atoms with E-state index in [-0.39, 0.29) is 24.2 Å². The van der Waals surface area contributed by atoms with Crippen LogP contribution in [0, 0.1) is 5.92 Å². The summed E-state index contributed by atoms with van der Waals surface area (Å²) in [6.07, 6.45) is 1.73. The molecule has 7 heteroatoms. The van der Waals surface area contributed by atoms with E-state index in [2.05, 4.69) is 17.0 Å². The van der Waals surface area contributed by atoms with Gasteiger partial charge in [-0.1, -0.05) is 6.92 Å². The lowest BCUT2D eigenvalue weighted by Gasteiger charge is -2.26. The fourth-order valence-corrected chi connectivity index (χ4v) is 2.20. The molecule has 0 bridgehead atoms. The maximum atomic E-state index is 11.6. The number of nitrogens with one attached hydrogen (secondary N) is 2. The molecule has 2 N–H and O–H groups in total. The highest BCUT2D eigenvalue weighted by atomic mass is 35.5. The molecule has 0 aromatic carbocycles. The van der Waals surface area contributed by atoms with Crippen LogP contribution in [0.1, 0.15) is 26.7 Å². The third kappa shape index (κ3) is 4.67. The molecule has 16 heavy (non-hydrogen) atoms. The maximum absolute atomic E-state index is 11.6. The van der Waals surface area contributed by atoms with Gasteiger partial charge in [0, 0.05) is 0 Å². The second kappa shape index (κ2) is 6.42. The third-order valence-electron chi connectivity index (χ3n) is 2.62. The minimum Gasteiger partial charge on any atom is -0.306 e. The van der Waals surface area contributed by atoms with Crippen LogP contribution in [0.5, 0.6) is 0 Å². The molecule has 0 spiro atoms. The molecular formula is C9H19ClN2O3S. The van der Waals surface area contributed by atoms with Crippen LogP contribution in [0.15, 0.2) is 0 Å². The number of carbonyl (C=O) groups is 1. The van der Waals surface area contributed by atoms with Gasteiger partial charge in [0.15, 0.2) is 0 Å². The topological polar surface area (TPSA) is 75.3 Å². The molecule has 5 nitrogen and oxygen atoms in total. The predicted molar refractivity (Wildman–Crippen MR) is 65.0 cm³/mol. The largest absolute Gasteiger partial charge is 0.306 e. The smallest absolute Gasteiger partial charge is 0.250 e. The Balaban J connectivity index is 0.00000225. The summed E-state index contributed by atoms with van der Waals surface area (Å²) in [6.45, 7) is 4.34. The summed E-state index contributed by atoms with van der Waals surface area (Å²) in [5.74, 6) is -0.0317. The molecule has 0 aliphatic carbocycles. The number of amides is 1. The highest BCUT2D eigenvalue weighted by molar-refractivity contribution is 7.90. The number of sulfonamides is 1. The Morgan fingerprint density at radius 3 is 2.62 bits per heavy atom. The van der Waals surface area contributed by atoms with Gasteiger partial charge in [-0.2, -0.15) is 0 Å². The van der Waals surface area contributed by atoms with E-state index in [0.29, 0.717) is 12.3 Å². The Bertz CT molecular complexity index is 332. The predicted octanol–water partition coefficient (Wildman–Crippen LogP) is 0.262. The van der Waals surface area contributed by atoms with Gasteiger partial charge in [0.05, 0.1) is 11.8 Å². The molecule has 0 aromatic rings. The van der Waals surface area contributed by atoms with Crippen LogP contribution >= 0.6 is 12.4 Å². The lowest BCUT2D eigenvalue weighted by atomic mass is 9.94. The van der Waals surface area contributed by atoms with E-state index in [1.165, 1.54) is 6.92 Å². The summed E-state index contributed by atoms with van der Waals surface area (Å²) < 4.78 is 24.4. The number of hydrogen-bond acceptors (Lipinski definition) is 4. The van der Waals surface area contributed by atoms with Gasteiger partial charge in [-0.15, -0.1) is 12.4 Å². The average molecular weight is 271 g/mol. The zero-order valence-corrected chi connectivity index (χ0v) is 11.2. The van der Waals surface area contributed by atoms with Crippen LogP contribution in [-0.2, 0) is 14.8 Å². The first-order valence-electron chi connectivity index (χ1n) is 5.22. The average Bonchev–Trinajstić information content (AvgIpc) is 2.17. The molecule has 0 aromatic heterocycles. The molecular weight excluding hydrogens is 252 g/mol. The highest BCUT2D eigenvalue weighted by Crippen LogP contribution is 2.15. The summed E-state index contributed by atoms with van der Waals surface area (Å²) in [7, 11) is -3.43. The molecule has 1 aliphatic rings. The fraction of sp³-hybridized carbons (Fsp3) is 0.889. The van der Waals surface area contributed by atoms with Crippen molar-refractivity contribution in [3.05, 3.63) is 0 Å². The van der Waals surface area contributed by atoms with Crippen molar-refractivity contribution in [2.24, 2.45) is 5.92 Å². The van der Waals surface area contributed by atoms with Crippen molar-refractivity contribution in [2.75, 3.05) is 12.3 Å². The van der Waals surface area contributed by atoms with Crippen molar-refractivity contribution in [1.29, 1.82) is 0 Å². The maximum Gasteiger partial charge on any atom is 0.250 e. The van der Waals surface area contributed by atoms with Gasteiger partial charge >= 0.3 is 0 Å². The Hall–Kier alpha value is -0.330. The second-order valence-electron chi connectivity index (χ2n) is 4.01. The van der Waals surface area contributed by atoms with Gasteiger partial charge < -0.3 is 5.32 Å². The molecule has 0 saturated carbocycles. The Morgan fingerprint density at radius 2 is 2.12 bits per heavy atom. The van der Waals surface area contributed by atoms with Gasteiger partial charge in [0.2, 0.25) is 10.0 Å². The normalized spacial score (nSPS) is 25.6. The first-order valence-corrected chi connectivity index (χ1v) is 6.87. The summed E-state index contributed by atoms with van der Waals surface area (Å²) in [6, 6.07) is -0.366. The lowest BCUT2D eigenvalue weighted by Crippen LogP contribution is -2.50. The van der Waals surface area contributed by atoms with Gasteiger partial charge in [0.1, 0.15) is 0 Å². The van der Waals surface area contributed by atoms with Gasteiger partial charge in [-0.25, -0.2) is 8.42 Å². The Labute approximate surface area is 103 Å². The Kier molecular flexibility index (Phi) is 6.28. The summed E-state index contributed by atoms with van der Waals surface area (Å²) in [4.78, 5) is 11.6. The van der Waals surface area contributed by atoms with Crippen LogP contribution in [0.3, 0.4) is 0 Å². The van der Waals surface area contributed by atoms with Crippen LogP contribution < -0.4 is 10.0 Å².